The van der Waals surface area contributed by atoms with Crippen LogP contribution in [0, 0.1) is 11.7 Å². The lowest BCUT2D eigenvalue weighted by atomic mass is 9.92. The van der Waals surface area contributed by atoms with E-state index >= 15 is 0 Å². The summed E-state index contributed by atoms with van der Waals surface area (Å²) in [6.45, 7) is 1.93. The van der Waals surface area contributed by atoms with Crippen LogP contribution in [0.15, 0.2) is 36.4 Å². The maximum Gasteiger partial charge on any atom is 0.422 e. The van der Waals surface area contributed by atoms with E-state index in [1.54, 1.807) is 24.8 Å². The van der Waals surface area contributed by atoms with Gasteiger partial charge in [0, 0.05) is 17.7 Å². The molecule has 0 unspecified atom stereocenters. The van der Waals surface area contributed by atoms with Crippen LogP contribution in [0.1, 0.15) is 42.6 Å². The Morgan fingerprint density at radius 2 is 1.84 bits per heavy atom. The Hall–Kier alpha value is -2.61. The van der Waals surface area contributed by atoms with Gasteiger partial charge >= 0.3 is 6.18 Å². The van der Waals surface area contributed by atoms with E-state index < -0.39 is 30.2 Å². The lowest BCUT2D eigenvalue weighted by Gasteiger charge is -2.37. The highest BCUT2D eigenvalue weighted by atomic mass is 19.4. The van der Waals surface area contributed by atoms with Crippen molar-refractivity contribution >= 4 is 5.91 Å². The quantitative estimate of drug-likeness (QED) is 0.652. The zero-order chi connectivity index (χ0) is 22.6. The molecule has 2 aromatic carbocycles. The molecule has 0 radical (unpaired) electrons. The maximum atomic E-state index is 14.5. The molecule has 2 aromatic rings. The zero-order valence-corrected chi connectivity index (χ0v) is 17.2. The standard InChI is InChI=1S/C23H23F4NO3/c1-22(2,30)20(13-7-8-13)28-11-14-9-15(24)10-17(19(14)21(28)29)16-5-3-4-6-18(16)31-12-23(25,26)27/h3-6,9-10,13,20,30H,7-8,11-12H2,1-2H3/t20-/m1/s1. The molecule has 1 aliphatic carbocycles. The molecular formula is C23H23F4NO3. The molecule has 0 spiro atoms. The van der Waals surface area contributed by atoms with E-state index in [9.17, 15) is 27.5 Å². The average molecular weight is 437 g/mol. The molecule has 0 saturated heterocycles. The van der Waals surface area contributed by atoms with Crippen molar-refractivity contribution in [2.24, 2.45) is 5.92 Å². The maximum absolute atomic E-state index is 14.5. The Balaban J connectivity index is 1.76. The van der Waals surface area contributed by atoms with Crippen LogP contribution < -0.4 is 4.74 Å². The van der Waals surface area contributed by atoms with Crippen LogP contribution in [0.2, 0.25) is 0 Å². The van der Waals surface area contributed by atoms with Crippen LogP contribution in [0.5, 0.6) is 5.75 Å². The third kappa shape index (κ3) is 4.39. The van der Waals surface area contributed by atoms with E-state index in [0.717, 1.165) is 18.9 Å². The molecule has 1 heterocycles. The fourth-order valence-corrected chi connectivity index (χ4v) is 4.48. The summed E-state index contributed by atoms with van der Waals surface area (Å²) in [5.41, 5.74) is -0.0694. The molecule has 4 rings (SSSR count). The summed E-state index contributed by atoms with van der Waals surface area (Å²) < 4.78 is 57.5. The molecule has 0 aromatic heterocycles. The van der Waals surface area contributed by atoms with Gasteiger partial charge in [0.25, 0.3) is 5.91 Å². The van der Waals surface area contributed by atoms with Crippen molar-refractivity contribution in [3.05, 3.63) is 53.3 Å². The summed E-state index contributed by atoms with van der Waals surface area (Å²) in [6.07, 6.45) is -2.75. The summed E-state index contributed by atoms with van der Waals surface area (Å²) in [4.78, 5) is 15.0. The van der Waals surface area contributed by atoms with Gasteiger partial charge in [-0.2, -0.15) is 13.2 Å². The van der Waals surface area contributed by atoms with Crippen molar-refractivity contribution in [1.29, 1.82) is 0 Å². The van der Waals surface area contributed by atoms with Crippen LogP contribution in [-0.4, -0.2) is 40.3 Å². The molecule has 2 aliphatic rings. The smallest absolute Gasteiger partial charge is 0.422 e. The molecule has 31 heavy (non-hydrogen) atoms. The third-order valence-electron chi connectivity index (χ3n) is 5.70. The Kier molecular flexibility index (Phi) is 5.24. The highest BCUT2D eigenvalue weighted by molar-refractivity contribution is 6.05. The van der Waals surface area contributed by atoms with Crippen LogP contribution in [-0.2, 0) is 6.54 Å². The topological polar surface area (TPSA) is 49.8 Å². The molecule has 8 heteroatoms. The van der Waals surface area contributed by atoms with Gasteiger partial charge in [-0.1, -0.05) is 18.2 Å². The number of rotatable bonds is 6. The molecule has 1 saturated carbocycles. The Morgan fingerprint density at radius 1 is 1.16 bits per heavy atom. The Morgan fingerprint density at radius 3 is 2.45 bits per heavy atom. The van der Waals surface area contributed by atoms with Gasteiger partial charge in [-0.05, 0) is 56.4 Å². The van der Waals surface area contributed by atoms with Crippen LogP contribution in [0.25, 0.3) is 11.1 Å². The number of halogens is 4. The largest absolute Gasteiger partial charge is 0.483 e. The normalized spacial score (nSPS) is 17.6. The zero-order valence-electron chi connectivity index (χ0n) is 17.2. The number of ether oxygens (including phenoxy) is 1. The van der Waals surface area contributed by atoms with Crippen LogP contribution in [0.3, 0.4) is 0 Å². The molecule has 1 fully saturated rings. The second kappa shape index (κ2) is 7.51. The molecule has 0 bridgehead atoms. The molecular weight excluding hydrogens is 414 g/mol. The van der Waals surface area contributed by atoms with E-state index in [4.69, 9.17) is 4.74 Å². The van der Waals surface area contributed by atoms with Gasteiger partial charge in [0.1, 0.15) is 11.6 Å². The van der Waals surface area contributed by atoms with E-state index in [0.29, 0.717) is 5.56 Å². The summed E-state index contributed by atoms with van der Waals surface area (Å²) in [7, 11) is 0. The fourth-order valence-electron chi connectivity index (χ4n) is 4.48. The number of carbonyl (C=O) groups excluding carboxylic acids is 1. The first-order valence-electron chi connectivity index (χ1n) is 10.1. The van der Waals surface area contributed by atoms with E-state index in [1.165, 1.54) is 24.3 Å². The van der Waals surface area contributed by atoms with Gasteiger partial charge in [-0.25, -0.2) is 4.39 Å². The fraction of sp³-hybridized carbons (Fsp3) is 0.435. The van der Waals surface area contributed by atoms with E-state index in [2.05, 4.69) is 0 Å². The number of hydrogen-bond acceptors (Lipinski definition) is 3. The Bertz CT molecular complexity index is 1010. The van der Waals surface area contributed by atoms with Crippen LogP contribution >= 0.6 is 0 Å². The van der Waals surface area contributed by atoms with E-state index in [-0.39, 0.29) is 40.8 Å². The summed E-state index contributed by atoms with van der Waals surface area (Å²) in [5.74, 6) is -0.885. The molecule has 4 nitrogen and oxygen atoms in total. The first kappa shape index (κ1) is 21.6. The molecule has 166 valence electrons. The van der Waals surface area contributed by atoms with Crippen molar-refractivity contribution in [1.82, 2.24) is 4.90 Å². The predicted molar refractivity (Wildman–Crippen MR) is 106 cm³/mol. The first-order chi connectivity index (χ1) is 14.5. The van der Waals surface area contributed by atoms with Gasteiger partial charge in [0.2, 0.25) is 0 Å². The highest BCUT2D eigenvalue weighted by Crippen LogP contribution is 2.45. The number of fused-ring (bicyclic) bond motifs is 1. The van der Waals surface area contributed by atoms with Gasteiger partial charge in [-0.3, -0.25) is 4.79 Å². The number of aliphatic hydroxyl groups is 1. The van der Waals surface area contributed by atoms with Gasteiger partial charge in [-0.15, -0.1) is 0 Å². The van der Waals surface area contributed by atoms with Crippen molar-refractivity contribution < 1.29 is 32.2 Å². The highest BCUT2D eigenvalue weighted by Gasteiger charge is 2.48. The number of para-hydroxylation sites is 1. The van der Waals surface area contributed by atoms with Gasteiger partial charge in [0.15, 0.2) is 6.61 Å². The minimum absolute atomic E-state index is 0.0832. The summed E-state index contributed by atoms with van der Waals surface area (Å²) in [5, 5.41) is 10.7. The minimum Gasteiger partial charge on any atom is -0.483 e. The van der Waals surface area contributed by atoms with Crippen molar-refractivity contribution in [3.8, 4) is 16.9 Å². The second-order valence-corrected chi connectivity index (χ2v) is 8.76. The van der Waals surface area contributed by atoms with E-state index in [1.807, 2.05) is 0 Å². The van der Waals surface area contributed by atoms with Crippen LogP contribution in [0.4, 0.5) is 17.6 Å². The second-order valence-electron chi connectivity index (χ2n) is 8.76. The average Bonchev–Trinajstić information content (AvgIpc) is 3.43. The summed E-state index contributed by atoms with van der Waals surface area (Å²) in [6, 6.07) is 7.95. The number of carbonyl (C=O) groups is 1. The monoisotopic (exact) mass is 437 g/mol. The number of hydrogen-bond donors (Lipinski definition) is 1. The lowest BCUT2D eigenvalue weighted by Crippen LogP contribution is -2.51. The number of amides is 1. The molecule has 1 aliphatic heterocycles. The first-order valence-corrected chi connectivity index (χ1v) is 10.1. The van der Waals surface area contributed by atoms with Crippen molar-refractivity contribution in [3.63, 3.8) is 0 Å². The predicted octanol–water partition coefficient (Wildman–Crippen LogP) is 4.94. The molecule has 1 amide bonds. The Labute approximate surface area is 177 Å². The molecule has 1 atom stereocenters. The van der Waals surface area contributed by atoms with Crippen molar-refractivity contribution in [2.75, 3.05) is 6.61 Å². The van der Waals surface area contributed by atoms with Gasteiger partial charge < -0.3 is 14.7 Å². The SMILES string of the molecule is CC(C)(O)[C@@H](C1CC1)N1Cc2cc(F)cc(-c3ccccc3OCC(F)(F)F)c2C1=O. The number of nitrogens with zero attached hydrogens (tertiary/aromatic N) is 1. The lowest BCUT2D eigenvalue weighted by molar-refractivity contribution is -0.153. The van der Waals surface area contributed by atoms with Crippen molar-refractivity contribution in [2.45, 2.75) is 51.1 Å². The summed E-state index contributed by atoms with van der Waals surface area (Å²) >= 11 is 0. The van der Waals surface area contributed by atoms with Gasteiger partial charge in [0.05, 0.1) is 17.2 Å². The number of benzene rings is 2. The molecule has 1 N–H and O–H groups in total. The number of alkyl halides is 3. The minimum atomic E-state index is -4.53. The third-order valence-corrected chi connectivity index (χ3v) is 5.70.